The maximum absolute atomic E-state index is 5.44. The van der Waals surface area contributed by atoms with Crippen molar-refractivity contribution in [2.24, 2.45) is 0 Å². The zero-order chi connectivity index (χ0) is 16.5. The highest BCUT2D eigenvalue weighted by Crippen LogP contribution is 2.33. The Kier molecular flexibility index (Phi) is 4.46. The van der Waals surface area contributed by atoms with Crippen LogP contribution >= 0.6 is 0 Å². The van der Waals surface area contributed by atoms with E-state index in [0.717, 1.165) is 23.1 Å². The Hall–Kier alpha value is -1.64. The van der Waals surface area contributed by atoms with Crippen LogP contribution in [-0.2, 0) is 10.8 Å². The smallest absolute Gasteiger partial charge is 0.236 e. The minimum Gasteiger partial charge on any atom is -0.480 e. The van der Waals surface area contributed by atoms with Gasteiger partial charge in [-0.15, -0.1) is 0 Å². The van der Waals surface area contributed by atoms with E-state index in [1.54, 1.807) is 7.11 Å². The lowest BCUT2D eigenvalue weighted by Crippen LogP contribution is -2.18. The van der Waals surface area contributed by atoms with Gasteiger partial charge in [0.05, 0.1) is 18.1 Å². The Bertz CT molecular complexity index is 669. The molecule has 0 aliphatic carbocycles. The molecule has 0 amide bonds. The molecule has 1 aromatic heterocycles. The van der Waals surface area contributed by atoms with E-state index in [1.165, 1.54) is 12.0 Å². The summed E-state index contributed by atoms with van der Waals surface area (Å²) in [4.78, 5) is 9.51. The molecule has 2 aromatic rings. The second-order valence-corrected chi connectivity index (χ2v) is 7.67. The molecule has 0 N–H and O–H groups in total. The highest BCUT2D eigenvalue weighted by Gasteiger charge is 2.24. The molecule has 3 heteroatoms. The fourth-order valence-corrected chi connectivity index (χ4v) is 2.86. The fourth-order valence-electron chi connectivity index (χ4n) is 2.86. The van der Waals surface area contributed by atoms with Gasteiger partial charge in [-0.05, 0) is 29.5 Å². The Morgan fingerprint density at radius 3 is 2.23 bits per heavy atom. The third-order valence-electron chi connectivity index (χ3n) is 4.19. The second kappa shape index (κ2) is 5.86. The molecule has 0 aliphatic heterocycles. The van der Waals surface area contributed by atoms with E-state index in [9.17, 15) is 0 Å². The predicted octanol–water partition coefficient (Wildman–Crippen LogP) is 5.01. The average Bonchev–Trinajstić information content (AvgIpc) is 2.44. The van der Waals surface area contributed by atoms with Gasteiger partial charge in [0, 0.05) is 5.41 Å². The molecule has 0 saturated carbocycles. The summed E-state index contributed by atoms with van der Waals surface area (Å²) in [6.45, 7) is 13.2. The first-order valence-corrected chi connectivity index (χ1v) is 8.06. The summed E-state index contributed by atoms with van der Waals surface area (Å²) in [5.74, 6) is 0.626. The van der Waals surface area contributed by atoms with Crippen LogP contribution in [0.3, 0.4) is 0 Å². The van der Waals surface area contributed by atoms with Crippen molar-refractivity contribution in [2.75, 3.05) is 7.11 Å². The largest absolute Gasteiger partial charge is 0.480 e. The lowest BCUT2D eigenvalue weighted by Gasteiger charge is -2.25. The quantitative estimate of drug-likeness (QED) is 0.795. The van der Waals surface area contributed by atoms with Crippen molar-refractivity contribution in [3.8, 4) is 5.88 Å². The van der Waals surface area contributed by atoms with Crippen LogP contribution in [0, 0.1) is 0 Å². The van der Waals surface area contributed by atoms with Crippen molar-refractivity contribution in [1.82, 2.24) is 9.97 Å². The zero-order valence-corrected chi connectivity index (χ0v) is 14.9. The molecule has 0 saturated heterocycles. The first kappa shape index (κ1) is 16.7. The molecule has 22 heavy (non-hydrogen) atoms. The molecular formula is C19H28N2O. The van der Waals surface area contributed by atoms with E-state index < -0.39 is 0 Å². The van der Waals surface area contributed by atoms with Crippen LogP contribution in [0.4, 0.5) is 0 Å². The van der Waals surface area contributed by atoms with Gasteiger partial charge in [0.15, 0.2) is 0 Å². The van der Waals surface area contributed by atoms with E-state index in [1.807, 2.05) is 0 Å². The maximum Gasteiger partial charge on any atom is 0.236 e. The Labute approximate surface area is 134 Å². The molecule has 0 unspecified atom stereocenters. The summed E-state index contributed by atoms with van der Waals surface area (Å²) in [6.07, 6.45) is 2.33. The van der Waals surface area contributed by atoms with Gasteiger partial charge in [-0.1, -0.05) is 54.0 Å². The number of aromatic nitrogens is 2. The van der Waals surface area contributed by atoms with Gasteiger partial charge in [0.2, 0.25) is 5.88 Å². The number of hydrogen-bond acceptors (Lipinski definition) is 3. The highest BCUT2D eigenvalue weighted by atomic mass is 16.5. The first-order chi connectivity index (χ1) is 10.2. The number of nitrogens with zero attached hydrogens (tertiary/aromatic N) is 2. The summed E-state index contributed by atoms with van der Waals surface area (Å²) < 4.78 is 5.44. The van der Waals surface area contributed by atoms with Gasteiger partial charge in [0.1, 0.15) is 5.69 Å². The van der Waals surface area contributed by atoms with Gasteiger partial charge >= 0.3 is 0 Å². The van der Waals surface area contributed by atoms with Crippen molar-refractivity contribution in [3.63, 3.8) is 0 Å². The van der Waals surface area contributed by atoms with Crippen LogP contribution in [0.15, 0.2) is 18.2 Å². The molecule has 120 valence electrons. The van der Waals surface area contributed by atoms with Crippen molar-refractivity contribution in [3.05, 3.63) is 29.5 Å². The highest BCUT2D eigenvalue weighted by molar-refractivity contribution is 5.76. The number of benzene rings is 1. The molecule has 0 aliphatic rings. The SMILES string of the molecule is CCCC(C)(C)c1ccc2nc(OC)c(C(C)(C)C)nc2c1. The van der Waals surface area contributed by atoms with Crippen molar-refractivity contribution >= 4 is 11.0 Å². The Morgan fingerprint density at radius 2 is 1.68 bits per heavy atom. The van der Waals surface area contributed by atoms with Crippen LogP contribution in [0.25, 0.3) is 11.0 Å². The topological polar surface area (TPSA) is 35.0 Å². The number of rotatable bonds is 4. The van der Waals surface area contributed by atoms with Crippen molar-refractivity contribution < 1.29 is 4.74 Å². The minimum absolute atomic E-state index is 0.0958. The van der Waals surface area contributed by atoms with E-state index in [0.29, 0.717) is 5.88 Å². The number of hydrogen-bond donors (Lipinski definition) is 0. The molecule has 0 atom stereocenters. The molecule has 0 fully saturated rings. The van der Waals surface area contributed by atoms with Gasteiger partial charge in [0.25, 0.3) is 0 Å². The summed E-state index contributed by atoms with van der Waals surface area (Å²) in [6, 6.07) is 6.42. The molecule has 3 nitrogen and oxygen atoms in total. The molecule has 0 spiro atoms. The van der Waals surface area contributed by atoms with E-state index in [-0.39, 0.29) is 10.8 Å². The first-order valence-electron chi connectivity index (χ1n) is 8.06. The minimum atomic E-state index is -0.0958. The van der Waals surface area contributed by atoms with Crippen LogP contribution in [0.5, 0.6) is 5.88 Å². The number of ether oxygens (including phenoxy) is 1. The van der Waals surface area contributed by atoms with Crippen LogP contribution < -0.4 is 4.74 Å². The summed E-state index contributed by atoms with van der Waals surface area (Å²) in [5, 5.41) is 0. The van der Waals surface area contributed by atoms with Crippen LogP contribution in [0.1, 0.15) is 65.6 Å². The number of fused-ring (bicyclic) bond motifs is 1. The van der Waals surface area contributed by atoms with E-state index in [4.69, 9.17) is 9.72 Å². The Balaban J connectivity index is 2.62. The van der Waals surface area contributed by atoms with E-state index >= 15 is 0 Å². The van der Waals surface area contributed by atoms with Gasteiger partial charge in [-0.25, -0.2) is 9.97 Å². The molecule has 1 aromatic carbocycles. The Morgan fingerprint density at radius 1 is 1.00 bits per heavy atom. The monoisotopic (exact) mass is 300 g/mol. The molecule has 2 rings (SSSR count). The average molecular weight is 300 g/mol. The molecule has 1 heterocycles. The van der Waals surface area contributed by atoms with Crippen molar-refractivity contribution in [2.45, 2.75) is 65.2 Å². The maximum atomic E-state index is 5.44. The van der Waals surface area contributed by atoms with Gasteiger partial charge in [-0.2, -0.15) is 0 Å². The summed E-state index contributed by atoms with van der Waals surface area (Å²) in [7, 11) is 1.66. The number of methoxy groups -OCH3 is 1. The summed E-state index contributed by atoms with van der Waals surface area (Å²) >= 11 is 0. The van der Waals surface area contributed by atoms with Crippen LogP contribution in [0.2, 0.25) is 0 Å². The predicted molar refractivity (Wildman–Crippen MR) is 92.7 cm³/mol. The molecular weight excluding hydrogens is 272 g/mol. The van der Waals surface area contributed by atoms with Crippen LogP contribution in [-0.4, -0.2) is 17.1 Å². The van der Waals surface area contributed by atoms with Crippen molar-refractivity contribution in [1.29, 1.82) is 0 Å². The zero-order valence-electron chi connectivity index (χ0n) is 14.9. The standard InChI is InChI=1S/C19H28N2O/c1-8-11-19(5,6)13-9-10-14-15(12-13)20-16(18(2,3)4)17(21-14)22-7/h9-10,12H,8,11H2,1-7H3. The third kappa shape index (κ3) is 3.23. The second-order valence-electron chi connectivity index (χ2n) is 7.67. The lowest BCUT2D eigenvalue weighted by atomic mass is 9.80. The van der Waals surface area contributed by atoms with Gasteiger partial charge < -0.3 is 4.74 Å². The summed E-state index contributed by atoms with van der Waals surface area (Å²) in [5.41, 5.74) is 4.14. The van der Waals surface area contributed by atoms with Gasteiger partial charge in [-0.3, -0.25) is 0 Å². The molecule has 0 bridgehead atoms. The fraction of sp³-hybridized carbons (Fsp3) is 0.579. The lowest BCUT2D eigenvalue weighted by molar-refractivity contribution is 0.377. The van der Waals surface area contributed by atoms with E-state index in [2.05, 4.69) is 64.7 Å². The normalized spacial score (nSPS) is 12.7. The molecule has 0 radical (unpaired) electrons. The third-order valence-corrected chi connectivity index (χ3v) is 4.19.